The fraction of sp³-hybridized carbons (Fsp3) is 0.292. The van der Waals surface area contributed by atoms with Crippen molar-refractivity contribution in [2.24, 2.45) is 5.92 Å². The number of halogens is 2. The second-order valence-electron chi connectivity index (χ2n) is 8.90. The van der Waals surface area contributed by atoms with E-state index in [0.717, 1.165) is 23.0 Å². The summed E-state index contributed by atoms with van der Waals surface area (Å²) in [6.07, 6.45) is 3.06. The number of nitrogens with zero attached hydrogens (tertiary/aromatic N) is 2. The van der Waals surface area contributed by atoms with Crippen LogP contribution in [0, 0.1) is 17.6 Å². The van der Waals surface area contributed by atoms with E-state index < -0.39 is 29.1 Å². The number of benzene rings is 2. The lowest BCUT2D eigenvalue weighted by Gasteiger charge is -2.32. The number of hydrogen-bond acceptors (Lipinski definition) is 5. The van der Waals surface area contributed by atoms with Crippen molar-refractivity contribution in [1.82, 2.24) is 15.2 Å². The van der Waals surface area contributed by atoms with Crippen LogP contribution in [0.4, 0.5) is 8.78 Å². The fourth-order valence-corrected chi connectivity index (χ4v) is 4.47. The summed E-state index contributed by atoms with van der Waals surface area (Å²) < 4.78 is 34.0. The lowest BCUT2D eigenvalue weighted by Crippen LogP contribution is -2.38. The topological polar surface area (TPSA) is 108 Å². The molecule has 7 nitrogen and oxygen atoms in total. The lowest BCUT2D eigenvalue weighted by molar-refractivity contribution is -0.148. The number of hydrogen-bond donors (Lipinski definition) is 3. The standard InChI is InChI=1S/C24H19F2N3O4/c25-17-2-1-11(8-18(17)26)20-15-7-13-10-27-29-19(13)9-16(15)22(28-21(20)24(32)3-4-24)33-14-5-12(6-14)23(30)31/h1-2,7-10,12,14,32H,3-6H2,(H,27,29)(H,30,31). The molecule has 3 N–H and O–H groups in total. The Morgan fingerprint density at radius 1 is 1.12 bits per heavy atom. The van der Waals surface area contributed by atoms with Crippen LogP contribution < -0.4 is 4.74 Å². The first-order valence-corrected chi connectivity index (χ1v) is 10.7. The van der Waals surface area contributed by atoms with Gasteiger partial charge in [-0.05, 0) is 60.9 Å². The molecule has 6 rings (SSSR count). The number of nitrogens with one attached hydrogen (secondary N) is 1. The van der Waals surface area contributed by atoms with E-state index >= 15 is 0 Å². The Bertz CT molecular complexity index is 1440. The minimum atomic E-state index is -1.19. The Morgan fingerprint density at radius 3 is 2.61 bits per heavy atom. The van der Waals surface area contributed by atoms with E-state index in [-0.39, 0.29) is 12.0 Å². The fourth-order valence-electron chi connectivity index (χ4n) is 4.47. The maximum atomic E-state index is 14.2. The molecule has 0 atom stereocenters. The summed E-state index contributed by atoms with van der Waals surface area (Å²) in [6, 6.07) is 7.29. The van der Waals surface area contributed by atoms with Crippen molar-refractivity contribution in [3.63, 3.8) is 0 Å². The van der Waals surface area contributed by atoms with E-state index in [1.165, 1.54) is 6.07 Å². The second-order valence-corrected chi connectivity index (χ2v) is 8.90. The maximum Gasteiger partial charge on any atom is 0.306 e. The van der Waals surface area contributed by atoms with Crippen LogP contribution in [0.2, 0.25) is 0 Å². The van der Waals surface area contributed by atoms with Gasteiger partial charge in [0.25, 0.3) is 0 Å². The zero-order valence-corrected chi connectivity index (χ0v) is 17.3. The number of ether oxygens (including phenoxy) is 1. The number of aromatic amines is 1. The van der Waals surface area contributed by atoms with E-state index in [0.29, 0.717) is 53.3 Å². The first kappa shape index (κ1) is 20.0. The van der Waals surface area contributed by atoms with Crippen LogP contribution in [-0.2, 0) is 10.4 Å². The summed E-state index contributed by atoms with van der Waals surface area (Å²) in [6.45, 7) is 0. The first-order chi connectivity index (χ1) is 15.8. The summed E-state index contributed by atoms with van der Waals surface area (Å²) in [5.41, 5.74) is 0.788. The molecule has 2 aliphatic carbocycles. The van der Waals surface area contributed by atoms with Gasteiger partial charge < -0.3 is 14.9 Å². The number of fused-ring (bicyclic) bond motifs is 2. The van der Waals surface area contributed by atoms with Gasteiger partial charge in [-0.3, -0.25) is 9.89 Å². The molecule has 2 aromatic carbocycles. The molecule has 0 bridgehead atoms. The van der Waals surface area contributed by atoms with E-state index in [4.69, 9.17) is 4.74 Å². The number of aliphatic carboxylic acids is 1. The highest BCUT2D eigenvalue weighted by molar-refractivity contribution is 6.06. The lowest BCUT2D eigenvalue weighted by atomic mass is 9.82. The number of carbonyl (C=O) groups is 1. The van der Waals surface area contributed by atoms with Gasteiger partial charge in [-0.1, -0.05) is 6.07 Å². The Labute approximate surface area is 186 Å². The molecule has 0 aliphatic heterocycles. The van der Waals surface area contributed by atoms with Crippen molar-refractivity contribution in [3.05, 3.63) is 53.9 Å². The summed E-state index contributed by atoms with van der Waals surface area (Å²) >= 11 is 0. The van der Waals surface area contributed by atoms with Gasteiger partial charge >= 0.3 is 5.97 Å². The van der Waals surface area contributed by atoms with Crippen LogP contribution in [0.15, 0.2) is 36.5 Å². The zero-order valence-electron chi connectivity index (χ0n) is 17.3. The van der Waals surface area contributed by atoms with Crippen LogP contribution in [-0.4, -0.2) is 37.5 Å². The third-order valence-corrected chi connectivity index (χ3v) is 6.62. The predicted molar refractivity (Wildman–Crippen MR) is 115 cm³/mol. The van der Waals surface area contributed by atoms with Crippen LogP contribution in [0.1, 0.15) is 31.4 Å². The van der Waals surface area contributed by atoms with Crippen molar-refractivity contribution in [3.8, 4) is 17.0 Å². The summed E-state index contributed by atoms with van der Waals surface area (Å²) in [5.74, 6) is -2.98. The minimum absolute atomic E-state index is 0.275. The maximum absolute atomic E-state index is 14.2. The third-order valence-electron chi connectivity index (χ3n) is 6.62. The van der Waals surface area contributed by atoms with E-state index in [1.807, 2.05) is 12.1 Å². The van der Waals surface area contributed by atoms with Gasteiger partial charge in [0.15, 0.2) is 11.6 Å². The van der Waals surface area contributed by atoms with Crippen LogP contribution in [0.5, 0.6) is 5.88 Å². The second kappa shape index (κ2) is 6.95. The van der Waals surface area contributed by atoms with Crippen molar-refractivity contribution in [2.75, 3.05) is 0 Å². The van der Waals surface area contributed by atoms with Crippen molar-refractivity contribution >= 4 is 27.6 Å². The molecule has 2 fully saturated rings. The van der Waals surface area contributed by atoms with Crippen molar-refractivity contribution in [1.29, 1.82) is 0 Å². The number of rotatable bonds is 5. The van der Waals surface area contributed by atoms with Gasteiger partial charge in [0.2, 0.25) is 5.88 Å². The zero-order chi connectivity index (χ0) is 22.9. The van der Waals surface area contributed by atoms with Crippen molar-refractivity contribution in [2.45, 2.75) is 37.4 Å². The van der Waals surface area contributed by atoms with E-state index in [1.54, 1.807) is 6.20 Å². The average molecular weight is 451 g/mol. The van der Waals surface area contributed by atoms with Crippen molar-refractivity contribution < 1.29 is 28.5 Å². The molecule has 0 unspecified atom stereocenters. The van der Waals surface area contributed by atoms with Gasteiger partial charge in [0.1, 0.15) is 11.7 Å². The number of H-pyrrole nitrogens is 1. The van der Waals surface area contributed by atoms with Gasteiger partial charge in [-0.15, -0.1) is 0 Å². The number of aliphatic hydroxyl groups is 1. The highest BCUT2D eigenvalue weighted by Crippen LogP contribution is 2.51. The average Bonchev–Trinajstić information content (AvgIpc) is 3.33. The molecule has 9 heteroatoms. The number of carboxylic acids is 1. The quantitative estimate of drug-likeness (QED) is 0.418. The molecule has 0 spiro atoms. The van der Waals surface area contributed by atoms with Gasteiger partial charge in [-0.25, -0.2) is 13.8 Å². The molecule has 168 valence electrons. The summed E-state index contributed by atoms with van der Waals surface area (Å²) in [7, 11) is 0. The Kier molecular flexibility index (Phi) is 4.22. The molecular weight excluding hydrogens is 432 g/mol. The molecule has 2 aliphatic rings. The van der Waals surface area contributed by atoms with Gasteiger partial charge in [0.05, 0.1) is 23.3 Å². The van der Waals surface area contributed by atoms with Crippen LogP contribution in [0.25, 0.3) is 32.8 Å². The van der Waals surface area contributed by atoms with Crippen LogP contribution in [0.3, 0.4) is 0 Å². The smallest absolute Gasteiger partial charge is 0.306 e. The minimum Gasteiger partial charge on any atom is -0.481 e. The Hall–Kier alpha value is -3.59. The molecule has 0 amide bonds. The van der Waals surface area contributed by atoms with Crippen LogP contribution >= 0.6 is 0 Å². The molecule has 0 radical (unpaired) electrons. The molecule has 33 heavy (non-hydrogen) atoms. The third kappa shape index (κ3) is 3.22. The molecule has 2 saturated carbocycles. The van der Waals surface area contributed by atoms with Gasteiger partial charge in [0, 0.05) is 16.3 Å². The molecular formula is C24H19F2N3O4. The SMILES string of the molecule is O=C(O)C1CC(Oc2nc(C3(O)CC3)c(-c3ccc(F)c(F)c3)c3cc4cn[nH]c4cc23)C1. The highest BCUT2D eigenvalue weighted by Gasteiger charge is 2.47. The molecule has 2 heterocycles. The Balaban J connectivity index is 1.58. The summed E-state index contributed by atoms with van der Waals surface area (Å²) in [5, 5.41) is 29.3. The number of carboxylic acid groups (broad SMARTS) is 1. The molecule has 2 aromatic heterocycles. The monoisotopic (exact) mass is 451 g/mol. The largest absolute Gasteiger partial charge is 0.481 e. The Morgan fingerprint density at radius 2 is 1.91 bits per heavy atom. The predicted octanol–water partition coefficient (Wildman–Crippen LogP) is 4.28. The van der Waals surface area contributed by atoms with Gasteiger partial charge in [-0.2, -0.15) is 5.10 Å². The first-order valence-electron chi connectivity index (χ1n) is 10.7. The normalized spacial score (nSPS) is 21.2. The summed E-state index contributed by atoms with van der Waals surface area (Å²) in [4.78, 5) is 15.9. The van der Waals surface area contributed by atoms with E-state index in [9.17, 15) is 23.8 Å². The number of aromatic nitrogens is 3. The molecule has 4 aromatic rings. The highest BCUT2D eigenvalue weighted by atomic mass is 19.2. The van der Waals surface area contributed by atoms with E-state index in [2.05, 4.69) is 15.2 Å². The number of pyridine rings is 1. The molecule has 0 saturated heterocycles.